The lowest BCUT2D eigenvalue weighted by molar-refractivity contribution is -0.119. The van der Waals surface area contributed by atoms with Crippen molar-refractivity contribution in [1.82, 2.24) is 4.90 Å². The van der Waals surface area contributed by atoms with Crippen LogP contribution in [0.25, 0.3) is 0 Å². The molecule has 0 aliphatic carbocycles. The van der Waals surface area contributed by atoms with Crippen LogP contribution in [0.15, 0.2) is 48.5 Å². The zero-order chi connectivity index (χ0) is 19.2. The Morgan fingerprint density at radius 1 is 1.07 bits per heavy atom. The molecule has 3 N–H and O–H groups in total. The van der Waals surface area contributed by atoms with Crippen LogP contribution in [0.2, 0.25) is 0 Å². The summed E-state index contributed by atoms with van der Waals surface area (Å²) in [5.41, 5.74) is 6.49. The quantitative estimate of drug-likeness (QED) is 0.817. The Labute approximate surface area is 157 Å². The van der Waals surface area contributed by atoms with Crippen molar-refractivity contribution in [3.8, 4) is 5.75 Å². The van der Waals surface area contributed by atoms with E-state index >= 15 is 0 Å². The number of nitrogens with one attached hydrogen (secondary N) is 1. The van der Waals surface area contributed by atoms with Gasteiger partial charge in [-0.3, -0.25) is 9.59 Å². The van der Waals surface area contributed by atoms with Crippen LogP contribution in [-0.4, -0.2) is 42.5 Å². The van der Waals surface area contributed by atoms with Gasteiger partial charge in [0.05, 0.1) is 0 Å². The van der Waals surface area contributed by atoms with E-state index < -0.39 is 5.91 Å². The van der Waals surface area contributed by atoms with E-state index in [2.05, 4.69) is 5.32 Å². The topological polar surface area (TPSA) is 84.7 Å². The number of hydrogen-bond acceptors (Lipinski definition) is 4. The Hall–Kier alpha value is -3.09. The first kappa shape index (κ1) is 18.7. The summed E-state index contributed by atoms with van der Waals surface area (Å²) in [5.74, 6) is -0.344. The van der Waals surface area contributed by atoms with Gasteiger partial charge >= 0.3 is 0 Å². The van der Waals surface area contributed by atoms with Gasteiger partial charge in [-0.25, -0.2) is 4.39 Å². The van der Waals surface area contributed by atoms with Crippen molar-refractivity contribution in [3.05, 3.63) is 59.9 Å². The molecule has 1 fully saturated rings. The first-order valence-electron chi connectivity index (χ1n) is 8.84. The van der Waals surface area contributed by atoms with Gasteiger partial charge in [-0.2, -0.15) is 0 Å². The second-order valence-corrected chi connectivity index (χ2v) is 6.50. The van der Waals surface area contributed by atoms with E-state index in [9.17, 15) is 14.0 Å². The molecule has 142 valence electrons. The van der Waals surface area contributed by atoms with Crippen molar-refractivity contribution < 1.29 is 18.7 Å². The lowest BCUT2D eigenvalue weighted by Crippen LogP contribution is -2.42. The average Bonchev–Trinajstić information content (AvgIpc) is 2.68. The Morgan fingerprint density at radius 3 is 2.30 bits per heavy atom. The fraction of sp³-hybridized carbons (Fsp3) is 0.300. The van der Waals surface area contributed by atoms with E-state index in [4.69, 9.17) is 10.5 Å². The van der Waals surface area contributed by atoms with Crippen LogP contribution in [0, 0.1) is 5.82 Å². The molecular formula is C20H22FN3O3. The fourth-order valence-electron chi connectivity index (χ4n) is 3.04. The molecule has 6 nitrogen and oxygen atoms in total. The minimum absolute atomic E-state index is 0.0308. The number of primary amides is 1. The number of benzene rings is 2. The molecule has 0 atom stereocenters. The molecule has 2 aromatic rings. The Kier molecular flexibility index (Phi) is 5.90. The minimum Gasteiger partial charge on any atom is -0.484 e. The molecule has 1 saturated heterocycles. The summed E-state index contributed by atoms with van der Waals surface area (Å²) in [4.78, 5) is 25.2. The lowest BCUT2D eigenvalue weighted by Gasteiger charge is -2.33. The number of amides is 2. The number of nitrogens with two attached hydrogens (primary N) is 1. The van der Waals surface area contributed by atoms with E-state index in [-0.39, 0.29) is 24.4 Å². The molecule has 0 unspecified atom stereocenters. The molecule has 1 aliphatic heterocycles. The first-order chi connectivity index (χ1) is 13.0. The molecule has 1 aliphatic rings. The lowest BCUT2D eigenvalue weighted by atomic mass is 10.0. The number of ether oxygens (including phenoxy) is 1. The van der Waals surface area contributed by atoms with Gasteiger partial charge in [0.1, 0.15) is 11.6 Å². The van der Waals surface area contributed by atoms with Crippen molar-refractivity contribution in [1.29, 1.82) is 0 Å². The summed E-state index contributed by atoms with van der Waals surface area (Å²) in [6.07, 6.45) is 1.64. The molecule has 3 rings (SSSR count). The normalized spacial score (nSPS) is 14.6. The van der Waals surface area contributed by atoms with Crippen LogP contribution in [0.5, 0.6) is 5.75 Å². The van der Waals surface area contributed by atoms with Gasteiger partial charge in [0.2, 0.25) is 0 Å². The van der Waals surface area contributed by atoms with Crippen LogP contribution in [0.1, 0.15) is 23.2 Å². The highest BCUT2D eigenvalue weighted by molar-refractivity contribution is 5.94. The van der Waals surface area contributed by atoms with Gasteiger partial charge in [-0.1, -0.05) is 0 Å². The summed E-state index contributed by atoms with van der Waals surface area (Å²) < 4.78 is 18.2. The smallest absolute Gasteiger partial charge is 0.255 e. The summed E-state index contributed by atoms with van der Waals surface area (Å²) >= 11 is 0. The average molecular weight is 371 g/mol. The number of anilines is 1. The number of halogens is 1. The zero-order valence-corrected chi connectivity index (χ0v) is 14.9. The second kappa shape index (κ2) is 8.53. The third kappa shape index (κ3) is 5.20. The van der Waals surface area contributed by atoms with Crippen LogP contribution in [0.3, 0.4) is 0 Å². The molecule has 0 radical (unpaired) electrons. The Balaban J connectivity index is 1.50. The van der Waals surface area contributed by atoms with Crippen LogP contribution in [-0.2, 0) is 4.79 Å². The van der Waals surface area contributed by atoms with Gasteiger partial charge in [0.25, 0.3) is 11.8 Å². The fourth-order valence-corrected chi connectivity index (χ4v) is 3.04. The van der Waals surface area contributed by atoms with Crippen molar-refractivity contribution in [3.63, 3.8) is 0 Å². The van der Waals surface area contributed by atoms with Gasteiger partial charge < -0.3 is 20.7 Å². The SMILES string of the molecule is NC(=O)COc1ccc(C(=O)N2CCC(Nc3ccc(F)cc3)CC2)cc1. The third-order valence-electron chi connectivity index (χ3n) is 4.48. The predicted molar refractivity (Wildman–Crippen MR) is 100 cm³/mol. The monoisotopic (exact) mass is 371 g/mol. The van der Waals surface area contributed by atoms with Gasteiger partial charge in [0, 0.05) is 30.4 Å². The highest BCUT2D eigenvalue weighted by atomic mass is 19.1. The van der Waals surface area contributed by atoms with Gasteiger partial charge in [-0.15, -0.1) is 0 Å². The number of hydrogen-bond donors (Lipinski definition) is 2. The maximum absolute atomic E-state index is 13.0. The van der Waals surface area contributed by atoms with Crippen molar-refractivity contribution in [2.75, 3.05) is 25.0 Å². The molecule has 7 heteroatoms. The van der Waals surface area contributed by atoms with E-state index in [0.29, 0.717) is 24.4 Å². The second-order valence-electron chi connectivity index (χ2n) is 6.50. The standard InChI is InChI=1S/C20H22FN3O3/c21-15-3-5-16(6-4-15)23-17-9-11-24(12-10-17)20(26)14-1-7-18(8-2-14)27-13-19(22)25/h1-8,17,23H,9-13H2,(H2,22,25). The first-order valence-corrected chi connectivity index (χ1v) is 8.84. The molecule has 0 spiro atoms. The van der Waals surface area contributed by atoms with Crippen molar-refractivity contribution >= 4 is 17.5 Å². The Morgan fingerprint density at radius 2 is 1.70 bits per heavy atom. The van der Waals surface area contributed by atoms with Crippen LogP contribution >= 0.6 is 0 Å². The molecule has 0 bridgehead atoms. The van der Waals surface area contributed by atoms with E-state index in [1.807, 2.05) is 4.90 Å². The summed E-state index contributed by atoms with van der Waals surface area (Å²) in [5, 5.41) is 3.38. The number of piperidine rings is 1. The molecular weight excluding hydrogens is 349 g/mol. The maximum atomic E-state index is 13.0. The van der Waals surface area contributed by atoms with Crippen LogP contribution in [0.4, 0.5) is 10.1 Å². The van der Waals surface area contributed by atoms with Gasteiger partial charge in [0.15, 0.2) is 6.61 Å². The maximum Gasteiger partial charge on any atom is 0.255 e. The molecule has 2 aromatic carbocycles. The minimum atomic E-state index is -0.549. The summed E-state index contributed by atoms with van der Waals surface area (Å²) in [6.45, 7) is 1.11. The Bertz CT molecular complexity index is 785. The van der Waals surface area contributed by atoms with Crippen molar-refractivity contribution in [2.45, 2.75) is 18.9 Å². The molecule has 27 heavy (non-hydrogen) atoms. The molecule has 1 heterocycles. The molecule has 0 aromatic heterocycles. The highest BCUT2D eigenvalue weighted by Gasteiger charge is 2.23. The van der Waals surface area contributed by atoms with Gasteiger partial charge in [-0.05, 0) is 61.4 Å². The molecule has 0 saturated carbocycles. The number of carbonyl (C=O) groups excluding carboxylic acids is 2. The zero-order valence-electron chi connectivity index (χ0n) is 14.9. The highest BCUT2D eigenvalue weighted by Crippen LogP contribution is 2.20. The third-order valence-corrected chi connectivity index (χ3v) is 4.48. The number of carbonyl (C=O) groups is 2. The number of rotatable bonds is 6. The largest absolute Gasteiger partial charge is 0.484 e. The number of likely N-dealkylation sites (tertiary alicyclic amines) is 1. The predicted octanol–water partition coefficient (Wildman–Crippen LogP) is 2.41. The van der Waals surface area contributed by atoms with E-state index in [1.165, 1.54) is 12.1 Å². The molecule has 2 amide bonds. The number of nitrogens with zero attached hydrogens (tertiary/aromatic N) is 1. The van der Waals surface area contributed by atoms with E-state index in [1.54, 1.807) is 36.4 Å². The van der Waals surface area contributed by atoms with Crippen LogP contribution < -0.4 is 15.8 Å². The van der Waals surface area contributed by atoms with E-state index in [0.717, 1.165) is 18.5 Å². The summed E-state index contributed by atoms with van der Waals surface area (Å²) in [7, 11) is 0. The summed E-state index contributed by atoms with van der Waals surface area (Å²) in [6, 6.07) is 13.2. The van der Waals surface area contributed by atoms with Crippen molar-refractivity contribution in [2.24, 2.45) is 5.73 Å².